The van der Waals surface area contributed by atoms with Crippen LogP contribution in [-0.2, 0) is 14.3 Å². The second kappa shape index (κ2) is 8.15. The van der Waals surface area contributed by atoms with Crippen molar-refractivity contribution in [3.63, 3.8) is 0 Å². The monoisotopic (exact) mass is 327 g/mol. The van der Waals surface area contributed by atoms with Gasteiger partial charge in [0.25, 0.3) is 5.91 Å². The molecule has 0 heterocycles. The number of amides is 1. The van der Waals surface area contributed by atoms with E-state index in [4.69, 9.17) is 9.47 Å². The zero-order valence-electron chi connectivity index (χ0n) is 14.0. The van der Waals surface area contributed by atoms with Crippen molar-refractivity contribution >= 4 is 17.6 Å². The number of carbonyl (C=O) groups excluding carboxylic acids is 2. The Labute approximate surface area is 141 Å². The second-order valence-electron chi connectivity index (χ2n) is 5.55. The number of benzene rings is 2. The van der Waals surface area contributed by atoms with Gasteiger partial charge in [-0.05, 0) is 44.5 Å². The average molecular weight is 327 g/mol. The molecule has 1 N–H and O–H groups in total. The van der Waals surface area contributed by atoms with Gasteiger partial charge in [-0.3, -0.25) is 4.79 Å². The van der Waals surface area contributed by atoms with E-state index in [2.05, 4.69) is 5.32 Å². The van der Waals surface area contributed by atoms with E-state index >= 15 is 0 Å². The van der Waals surface area contributed by atoms with Gasteiger partial charge in [0.1, 0.15) is 5.75 Å². The van der Waals surface area contributed by atoms with Crippen LogP contribution in [0.2, 0.25) is 0 Å². The van der Waals surface area contributed by atoms with E-state index in [-0.39, 0.29) is 12.5 Å². The van der Waals surface area contributed by atoms with Gasteiger partial charge in [-0.15, -0.1) is 0 Å². The van der Waals surface area contributed by atoms with Crippen molar-refractivity contribution in [2.45, 2.75) is 26.9 Å². The summed E-state index contributed by atoms with van der Waals surface area (Å²) in [6.45, 7) is 5.12. The van der Waals surface area contributed by atoms with Gasteiger partial charge in [0, 0.05) is 5.69 Å². The lowest BCUT2D eigenvalue weighted by Crippen LogP contribution is -2.29. The molecule has 0 aliphatic heterocycles. The van der Waals surface area contributed by atoms with Gasteiger partial charge in [-0.1, -0.05) is 35.9 Å². The molecule has 2 aromatic carbocycles. The Hall–Kier alpha value is -2.82. The Morgan fingerprint density at radius 2 is 1.79 bits per heavy atom. The third-order valence-corrected chi connectivity index (χ3v) is 3.39. The summed E-state index contributed by atoms with van der Waals surface area (Å²) in [6, 6.07) is 14.7. The first-order valence-corrected chi connectivity index (χ1v) is 7.71. The highest BCUT2D eigenvalue weighted by Gasteiger charge is 2.18. The summed E-state index contributed by atoms with van der Waals surface area (Å²) < 4.78 is 10.5. The van der Waals surface area contributed by atoms with E-state index in [0.29, 0.717) is 11.4 Å². The van der Waals surface area contributed by atoms with Crippen LogP contribution in [0.25, 0.3) is 0 Å². The molecule has 24 heavy (non-hydrogen) atoms. The Morgan fingerprint density at radius 3 is 2.46 bits per heavy atom. The van der Waals surface area contributed by atoms with Gasteiger partial charge >= 0.3 is 5.97 Å². The Morgan fingerprint density at radius 1 is 1.08 bits per heavy atom. The summed E-state index contributed by atoms with van der Waals surface area (Å²) in [5.41, 5.74) is 2.77. The smallest absolute Gasteiger partial charge is 0.347 e. The predicted octanol–water partition coefficient (Wildman–Crippen LogP) is 3.25. The van der Waals surface area contributed by atoms with E-state index < -0.39 is 12.1 Å². The SMILES string of the molecule is Cc1ccc(NC(=O)COC(=O)[C@H](C)Oc2ccccc2)c(C)c1. The number of rotatable bonds is 6. The summed E-state index contributed by atoms with van der Waals surface area (Å²) in [7, 11) is 0. The third-order valence-electron chi connectivity index (χ3n) is 3.39. The molecule has 2 rings (SSSR count). The number of para-hydroxylation sites is 1. The Kier molecular flexibility index (Phi) is 5.95. The number of anilines is 1. The van der Waals surface area contributed by atoms with Crippen molar-refractivity contribution in [1.82, 2.24) is 0 Å². The second-order valence-corrected chi connectivity index (χ2v) is 5.55. The lowest BCUT2D eigenvalue weighted by Gasteiger charge is -2.14. The van der Waals surface area contributed by atoms with Crippen molar-refractivity contribution in [3.8, 4) is 5.75 Å². The van der Waals surface area contributed by atoms with Crippen molar-refractivity contribution < 1.29 is 19.1 Å². The van der Waals surface area contributed by atoms with Crippen LogP contribution in [0.4, 0.5) is 5.69 Å². The molecule has 5 nitrogen and oxygen atoms in total. The van der Waals surface area contributed by atoms with Gasteiger partial charge in [0.2, 0.25) is 0 Å². The van der Waals surface area contributed by atoms with E-state index in [1.807, 2.05) is 50.2 Å². The molecule has 0 bridgehead atoms. The molecule has 1 amide bonds. The molecular formula is C19H21NO4. The zero-order chi connectivity index (χ0) is 17.5. The lowest BCUT2D eigenvalue weighted by atomic mass is 10.1. The molecule has 5 heteroatoms. The summed E-state index contributed by atoms with van der Waals surface area (Å²) in [5, 5.41) is 2.72. The van der Waals surface area contributed by atoms with Crippen molar-refractivity contribution in [2.75, 3.05) is 11.9 Å². The first-order valence-electron chi connectivity index (χ1n) is 7.71. The fourth-order valence-corrected chi connectivity index (χ4v) is 2.15. The Bertz CT molecular complexity index is 713. The number of aryl methyl sites for hydroxylation is 2. The highest BCUT2D eigenvalue weighted by molar-refractivity contribution is 5.93. The highest BCUT2D eigenvalue weighted by atomic mass is 16.6. The number of hydrogen-bond donors (Lipinski definition) is 1. The van der Waals surface area contributed by atoms with Gasteiger partial charge in [0.05, 0.1) is 0 Å². The molecule has 126 valence electrons. The summed E-state index contributed by atoms with van der Waals surface area (Å²) in [4.78, 5) is 23.8. The molecule has 0 radical (unpaired) electrons. The van der Waals surface area contributed by atoms with Crippen LogP contribution in [0.3, 0.4) is 0 Å². The minimum atomic E-state index is -0.790. The Balaban J connectivity index is 1.81. The molecule has 0 aliphatic rings. The molecule has 0 unspecified atom stereocenters. The molecule has 2 aromatic rings. The summed E-state index contributed by atoms with van der Waals surface area (Å²) in [5.74, 6) is -0.404. The molecule has 0 saturated heterocycles. The molecule has 0 aliphatic carbocycles. The third kappa shape index (κ3) is 5.12. The van der Waals surface area contributed by atoms with Crippen LogP contribution >= 0.6 is 0 Å². The maximum absolute atomic E-state index is 11.9. The summed E-state index contributed by atoms with van der Waals surface area (Å²) in [6.07, 6.45) is -0.790. The van der Waals surface area contributed by atoms with Crippen LogP contribution in [-0.4, -0.2) is 24.6 Å². The number of ether oxygens (including phenoxy) is 2. The number of nitrogens with one attached hydrogen (secondary N) is 1. The molecular weight excluding hydrogens is 306 g/mol. The molecule has 0 aromatic heterocycles. The van der Waals surface area contributed by atoms with Crippen LogP contribution < -0.4 is 10.1 Å². The van der Waals surface area contributed by atoms with Crippen molar-refractivity contribution in [1.29, 1.82) is 0 Å². The van der Waals surface area contributed by atoms with E-state index in [0.717, 1.165) is 11.1 Å². The minimum absolute atomic E-state index is 0.353. The van der Waals surface area contributed by atoms with Crippen LogP contribution in [0.5, 0.6) is 5.75 Å². The number of carbonyl (C=O) groups is 2. The van der Waals surface area contributed by atoms with Gasteiger partial charge in [0.15, 0.2) is 12.7 Å². The van der Waals surface area contributed by atoms with Crippen molar-refractivity contribution in [3.05, 3.63) is 59.7 Å². The first-order chi connectivity index (χ1) is 11.5. The van der Waals surface area contributed by atoms with E-state index in [9.17, 15) is 9.59 Å². The van der Waals surface area contributed by atoms with Crippen LogP contribution in [0.15, 0.2) is 48.5 Å². The predicted molar refractivity (Wildman–Crippen MR) is 92.0 cm³/mol. The maximum Gasteiger partial charge on any atom is 0.347 e. The fraction of sp³-hybridized carbons (Fsp3) is 0.263. The quantitative estimate of drug-likeness (QED) is 0.827. The molecule has 1 atom stereocenters. The normalized spacial score (nSPS) is 11.5. The van der Waals surface area contributed by atoms with Crippen LogP contribution in [0, 0.1) is 13.8 Å². The summed E-state index contributed by atoms with van der Waals surface area (Å²) >= 11 is 0. The van der Waals surface area contributed by atoms with E-state index in [1.165, 1.54) is 0 Å². The fourth-order valence-electron chi connectivity index (χ4n) is 2.15. The standard InChI is InChI=1S/C19H21NO4/c1-13-9-10-17(14(2)11-13)20-18(21)12-23-19(22)15(3)24-16-7-5-4-6-8-16/h4-11,15H,12H2,1-3H3,(H,20,21)/t15-/m0/s1. The number of hydrogen-bond acceptors (Lipinski definition) is 4. The minimum Gasteiger partial charge on any atom is -0.479 e. The average Bonchev–Trinajstić information content (AvgIpc) is 2.56. The van der Waals surface area contributed by atoms with Gasteiger partial charge < -0.3 is 14.8 Å². The van der Waals surface area contributed by atoms with Crippen LogP contribution in [0.1, 0.15) is 18.1 Å². The largest absolute Gasteiger partial charge is 0.479 e. The number of esters is 1. The van der Waals surface area contributed by atoms with Gasteiger partial charge in [-0.2, -0.15) is 0 Å². The first kappa shape index (κ1) is 17.5. The van der Waals surface area contributed by atoms with E-state index in [1.54, 1.807) is 19.1 Å². The maximum atomic E-state index is 11.9. The topological polar surface area (TPSA) is 64.6 Å². The lowest BCUT2D eigenvalue weighted by molar-refractivity contribution is -0.153. The molecule has 0 saturated carbocycles. The van der Waals surface area contributed by atoms with Gasteiger partial charge in [-0.25, -0.2) is 4.79 Å². The van der Waals surface area contributed by atoms with Crippen molar-refractivity contribution in [2.24, 2.45) is 0 Å². The zero-order valence-corrected chi connectivity index (χ0v) is 14.0. The molecule has 0 spiro atoms. The highest BCUT2D eigenvalue weighted by Crippen LogP contribution is 2.16. The molecule has 0 fully saturated rings.